The minimum atomic E-state index is 0.637. The zero-order valence-electron chi connectivity index (χ0n) is 10.4. The Bertz CT molecular complexity index is 534. The number of aromatic nitrogens is 2. The normalized spacial score (nSPS) is 19.5. The van der Waals surface area contributed by atoms with Crippen LogP contribution in [0.4, 0.5) is 0 Å². The Kier molecular flexibility index (Phi) is 3.43. The Morgan fingerprint density at radius 3 is 3.28 bits per heavy atom. The molecule has 5 heteroatoms. The highest BCUT2D eigenvalue weighted by atomic mass is 32.2. The lowest BCUT2D eigenvalue weighted by molar-refractivity contribution is 0.415. The molecule has 1 fully saturated rings. The fourth-order valence-corrected chi connectivity index (χ4v) is 3.38. The lowest BCUT2D eigenvalue weighted by atomic mass is 10.2. The third kappa shape index (κ3) is 2.47. The number of methoxy groups -OCH3 is 1. The molecule has 18 heavy (non-hydrogen) atoms. The van der Waals surface area contributed by atoms with E-state index in [4.69, 9.17) is 4.74 Å². The maximum atomic E-state index is 5.21. The average molecular weight is 263 g/mol. The smallest absolute Gasteiger partial charge is 0.121 e. The molecule has 0 bridgehead atoms. The van der Waals surface area contributed by atoms with E-state index in [0.29, 0.717) is 6.04 Å². The van der Waals surface area contributed by atoms with Crippen LogP contribution >= 0.6 is 11.8 Å². The van der Waals surface area contributed by atoms with Gasteiger partial charge < -0.3 is 15.0 Å². The van der Waals surface area contributed by atoms with Gasteiger partial charge in [0.05, 0.1) is 24.7 Å². The van der Waals surface area contributed by atoms with Crippen LogP contribution in [0.15, 0.2) is 18.2 Å². The summed E-state index contributed by atoms with van der Waals surface area (Å²) in [6.45, 7) is 0.808. The molecule has 2 heterocycles. The van der Waals surface area contributed by atoms with Crippen LogP contribution in [0.2, 0.25) is 0 Å². The van der Waals surface area contributed by atoms with Crippen molar-refractivity contribution < 1.29 is 4.74 Å². The fraction of sp³-hybridized carbons (Fsp3) is 0.462. The summed E-state index contributed by atoms with van der Waals surface area (Å²) in [5.74, 6) is 4.34. The van der Waals surface area contributed by atoms with E-state index in [2.05, 4.69) is 15.3 Å². The highest BCUT2D eigenvalue weighted by molar-refractivity contribution is 7.99. The first-order valence-corrected chi connectivity index (χ1v) is 7.34. The summed E-state index contributed by atoms with van der Waals surface area (Å²) in [5.41, 5.74) is 2.03. The van der Waals surface area contributed by atoms with E-state index in [9.17, 15) is 0 Å². The van der Waals surface area contributed by atoms with Crippen molar-refractivity contribution in [3.8, 4) is 5.75 Å². The summed E-state index contributed by atoms with van der Waals surface area (Å²) in [6, 6.07) is 6.54. The van der Waals surface area contributed by atoms with Gasteiger partial charge >= 0.3 is 0 Å². The SMILES string of the molecule is COc1ccc2nc(CNC3CCSC3)[nH]c2c1. The second kappa shape index (κ2) is 5.20. The van der Waals surface area contributed by atoms with E-state index >= 15 is 0 Å². The largest absolute Gasteiger partial charge is 0.497 e. The molecule has 1 aromatic heterocycles. The first-order valence-electron chi connectivity index (χ1n) is 6.19. The van der Waals surface area contributed by atoms with Crippen molar-refractivity contribution in [3.63, 3.8) is 0 Å². The predicted octanol–water partition coefficient (Wildman–Crippen LogP) is 2.17. The monoisotopic (exact) mass is 263 g/mol. The molecule has 0 aliphatic carbocycles. The number of fused-ring (bicyclic) bond motifs is 1. The third-order valence-corrected chi connectivity index (χ3v) is 4.39. The molecule has 3 rings (SSSR count). The van der Waals surface area contributed by atoms with Gasteiger partial charge in [0.1, 0.15) is 11.6 Å². The zero-order chi connectivity index (χ0) is 12.4. The van der Waals surface area contributed by atoms with Crippen molar-refractivity contribution in [2.24, 2.45) is 0 Å². The third-order valence-electron chi connectivity index (χ3n) is 3.23. The lowest BCUT2D eigenvalue weighted by Gasteiger charge is -2.08. The van der Waals surface area contributed by atoms with Gasteiger partial charge in [0.15, 0.2) is 0 Å². The maximum absolute atomic E-state index is 5.21. The minimum absolute atomic E-state index is 0.637. The van der Waals surface area contributed by atoms with Crippen LogP contribution in [0.1, 0.15) is 12.2 Å². The standard InChI is InChI=1S/C13H17N3OS/c1-17-10-2-3-11-12(6-10)16-13(15-11)7-14-9-4-5-18-8-9/h2-3,6,9,14H,4-5,7-8H2,1H3,(H,15,16). The van der Waals surface area contributed by atoms with E-state index in [1.165, 1.54) is 17.9 Å². The Labute approximate surface area is 111 Å². The van der Waals surface area contributed by atoms with Gasteiger partial charge in [-0.3, -0.25) is 0 Å². The van der Waals surface area contributed by atoms with Crippen LogP contribution in [0.5, 0.6) is 5.75 Å². The van der Waals surface area contributed by atoms with Crippen LogP contribution in [0.3, 0.4) is 0 Å². The number of H-pyrrole nitrogens is 1. The minimum Gasteiger partial charge on any atom is -0.497 e. The van der Waals surface area contributed by atoms with Gasteiger partial charge in [-0.15, -0.1) is 0 Å². The molecule has 4 nitrogen and oxygen atoms in total. The Balaban J connectivity index is 1.72. The number of ether oxygens (including phenoxy) is 1. The number of aromatic amines is 1. The maximum Gasteiger partial charge on any atom is 0.121 e. The molecular weight excluding hydrogens is 246 g/mol. The molecule has 1 atom stereocenters. The number of hydrogen-bond acceptors (Lipinski definition) is 4. The van der Waals surface area contributed by atoms with Gasteiger partial charge in [0, 0.05) is 17.9 Å². The summed E-state index contributed by atoms with van der Waals surface area (Å²) in [6.07, 6.45) is 1.26. The van der Waals surface area contributed by atoms with Crippen LogP contribution < -0.4 is 10.1 Å². The Hall–Kier alpha value is -1.20. The second-order valence-electron chi connectivity index (χ2n) is 4.51. The number of hydrogen-bond donors (Lipinski definition) is 2. The Morgan fingerprint density at radius 2 is 2.50 bits per heavy atom. The number of imidazole rings is 1. The van der Waals surface area contributed by atoms with Crippen molar-refractivity contribution in [1.82, 2.24) is 15.3 Å². The molecule has 2 aromatic rings. The van der Waals surface area contributed by atoms with Crippen LogP contribution in [0.25, 0.3) is 11.0 Å². The number of rotatable bonds is 4. The van der Waals surface area contributed by atoms with Crippen molar-refractivity contribution in [3.05, 3.63) is 24.0 Å². The highest BCUT2D eigenvalue weighted by Crippen LogP contribution is 2.20. The number of thioether (sulfide) groups is 1. The molecule has 0 radical (unpaired) electrons. The van der Waals surface area contributed by atoms with Crippen molar-refractivity contribution >= 4 is 22.8 Å². The van der Waals surface area contributed by atoms with Gasteiger partial charge in [-0.25, -0.2) is 4.98 Å². The summed E-state index contributed by atoms with van der Waals surface area (Å²) < 4.78 is 5.21. The average Bonchev–Trinajstić information content (AvgIpc) is 3.04. The molecule has 1 aliphatic heterocycles. The first-order chi connectivity index (χ1) is 8.85. The number of benzene rings is 1. The van der Waals surface area contributed by atoms with Gasteiger partial charge in [0.25, 0.3) is 0 Å². The molecule has 1 aromatic carbocycles. The molecule has 1 saturated heterocycles. The summed E-state index contributed by atoms with van der Waals surface area (Å²) in [4.78, 5) is 7.90. The summed E-state index contributed by atoms with van der Waals surface area (Å²) in [5, 5.41) is 3.54. The van der Waals surface area contributed by atoms with E-state index in [1.807, 2.05) is 30.0 Å². The Morgan fingerprint density at radius 1 is 1.56 bits per heavy atom. The molecule has 0 spiro atoms. The quantitative estimate of drug-likeness (QED) is 0.887. The van der Waals surface area contributed by atoms with Crippen LogP contribution in [-0.4, -0.2) is 34.6 Å². The van der Waals surface area contributed by atoms with Crippen LogP contribution in [0, 0.1) is 0 Å². The first kappa shape index (κ1) is 11.9. The van der Waals surface area contributed by atoms with Gasteiger partial charge in [-0.05, 0) is 24.3 Å². The van der Waals surface area contributed by atoms with Gasteiger partial charge in [-0.2, -0.15) is 11.8 Å². The summed E-state index contributed by atoms with van der Waals surface area (Å²) in [7, 11) is 1.68. The van der Waals surface area contributed by atoms with E-state index in [-0.39, 0.29) is 0 Å². The molecule has 2 N–H and O–H groups in total. The molecule has 1 unspecified atom stereocenters. The number of nitrogens with zero attached hydrogens (tertiary/aromatic N) is 1. The second-order valence-corrected chi connectivity index (χ2v) is 5.66. The van der Waals surface area contributed by atoms with Crippen molar-refractivity contribution in [2.45, 2.75) is 19.0 Å². The number of nitrogens with one attached hydrogen (secondary N) is 2. The van der Waals surface area contributed by atoms with Gasteiger partial charge in [-0.1, -0.05) is 0 Å². The van der Waals surface area contributed by atoms with Crippen LogP contribution in [-0.2, 0) is 6.54 Å². The molecular formula is C13H17N3OS. The lowest BCUT2D eigenvalue weighted by Crippen LogP contribution is -2.28. The van der Waals surface area contributed by atoms with E-state index in [1.54, 1.807) is 7.11 Å². The van der Waals surface area contributed by atoms with E-state index < -0.39 is 0 Å². The molecule has 1 aliphatic rings. The molecule has 0 saturated carbocycles. The summed E-state index contributed by atoms with van der Waals surface area (Å²) >= 11 is 2.02. The molecule has 96 valence electrons. The zero-order valence-corrected chi connectivity index (χ0v) is 11.2. The highest BCUT2D eigenvalue weighted by Gasteiger charge is 2.15. The van der Waals surface area contributed by atoms with E-state index in [0.717, 1.165) is 29.2 Å². The molecule has 0 amide bonds. The van der Waals surface area contributed by atoms with Crippen molar-refractivity contribution in [2.75, 3.05) is 18.6 Å². The topological polar surface area (TPSA) is 49.9 Å². The van der Waals surface area contributed by atoms with Crippen molar-refractivity contribution in [1.29, 1.82) is 0 Å². The predicted molar refractivity (Wildman–Crippen MR) is 75.2 cm³/mol. The fourth-order valence-electron chi connectivity index (χ4n) is 2.19. The van der Waals surface area contributed by atoms with Gasteiger partial charge in [0.2, 0.25) is 0 Å².